The molecule has 2 amide bonds. The fraction of sp³-hybridized carbons (Fsp3) is 0.591. The summed E-state index contributed by atoms with van der Waals surface area (Å²) in [6, 6.07) is 2.37. The van der Waals surface area contributed by atoms with Gasteiger partial charge in [0.05, 0.1) is 22.7 Å². The SMILES string of the molecule is O=C(c1nn2c(C(F)(F)F)cc(C3CC3)cc2c1Cl)N1CCN(C2CCCCC2O)C(=O)C1. The quantitative estimate of drug-likeness (QED) is 0.723. The number of aliphatic hydroxyl groups is 1. The van der Waals surface area contributed by atoms with Gasteiger partial charge in [-0.1, -0.05) is 24.4 Å². The third-order valence-electron chi connectivity index (χ3n) is 6.88. The molecule has 3 aliphatic rings. The van der Waals surface area contributed by atoms with Gasteiger partial charge in [-0.3, -0.25) is 9.59 Å². The van der Waals surface area contributed by atoms with Crippen LogP contribution in [0.1, 0.15) is 66.2 Å². The summed E-state index contributed by atoms with van der Waals surface area (Å²) in [4.78, 5) is 28.8. The second-order valence-corrected chi connectivity index (χ2v) is 9.52. The molecule has 0 bridgehead atoms. The number of piperazine rings is 1. The maximum absolute atomic E-state index is 13.7. The lowest BCUT2D eigenvalue weighted by Gasteiger charge is -2.42. The Morgan fingerprint density at radius 2 is 1.85 bits per heavy atom. The molecule has 2 atom stereocenters. The van der Waals surface area contributed by atoms with Crippen LogP contribution in [-0.4, -0.2) is 68.1 Å². The van der Waals surface area contributed by atoms with Crippen LogP contribution in [0.15, 0.2) is 12.1 Å². The monoisotopic (exact) mass is 484 g/mol. The minimum Gasteiger partial charge on any atom is -0.391 e. The van der Waals surface area contributed by atoms with Crippen molar-refractivity contribution in [1.82, 2.24) is 19.4 Å². The lowest BCUT2D eigenvalue weighted by atomic mass is 9.91. The molecule has 0 aromatic carbocycles. The minimum absolute atomic E-state index is 0.0343. The van der Waals surface area contributed by atoms with Crippen LogP contribution in [0.5, 0.6) is 0 Å². The van der Waals surface area contributed by atoms with Gasteiger partial charge in [0.1, 0.15) is 12.2 Å². The average Bonchev–Trinajstić information content (AvgIpc) is 3.57. The van der Waals surface area contributed by atoms with E-state index in [-0.39, 0.29) is 53.7 Å². The van der Waals surface area contributed by atoms with Crippen LogP contribution in [0.3, 0.4) is 0 Å². The first-order valence-corrected chi connectivity index (χ1v) is 11.6. The highest BCUT2D eigenvalue weighted by Gasteiger charge is 2.40. The molecule has 0 radical (unpaired) electrons. The smallest absolute Gasteiger partial charge is 0.391 e. The van der Waals surface area contributed by atoms with E-state index in [1.54, 1.807) is 11.0 Å². The second kappa shape index (κ2) is 8.16. The number of hydrogen-bond donors (Lipinski definition) is 1. The third kappa shape index (κ3) is 4.07. The summed E-state index contributed by atoms with van der Waals surface area (Å²) in [6.07, 6.45) is -0.434. The lowest BCUT2D eigenvalue weighted by Crippen LogP contribution is -2.58. The highest BCUT2D eigenvalue weighted by Crippen LogP contribution is 2.43. The molecule has 2 aromatic heterocycles. The summed E-state index contributed by atoms with van der Waals surface area (Å²) >= 11 is 6.37. The van der Waals surface area contributed by atoms with Crippen molar-refractivity contribution < 1.29 is 27.9 Å². The molecule has 5 rings (SSSR count). The summed E-state index contributed by atoms with van der Waals surface area (Å²) in [6.45, 7) is 0.208. The molecule has 2 aliphatic carbocycles. The van der Waals surface area contributed by atoms with E-state index in [1.807, 2.05) is 0 Å². The van der Waals surface area contributed by atoms with Crippen LogP contribution in [0, 0.1) is 0 Å². The van der Waals surface area contributed by atoms with Crippen molar-refractivity contribution >= 4 is 28.9 Å². The molecule has 11 heteroatoms. The zero-order valence-electron chi connectivity index (χ0n) is 17.8. The van der Waals surface area contributed by atoms with Crippen molar-refractivity contribution in [3.63, 3.8) is 0 Å². The van der Waals surface area contributed by atoms with Crippen molar-refractivity contribution in [1.29, 1.82) is 0 Å². The van der Waals surface area contributed by atoms with Gasteiger partial charge in [-0.2, -0.15) is 18.3 Å². The molecule has 2 saturated carbocycles. The first-order chi connectivity index (χ1) is 15.6. The molecule has 3 fully saturated rings. The van der Waals surface area contributed by atoms with E-state index in [0.29, 0.717) is 22.9 Å². The van der Waals surface area contributed by atoms with Crippen molar-refractivity contribution in [2.24, 2.45) is 0 Å². The van der Waals surface area contributed by atoms with E-state index >= 15 is 0 Å². The lowest BCUT2D eigenvalue weighted by molar-refractivity contribution is -0.142. The molecular formula is C22H24ClF3N4O3. The number of halogens is 4. The first kappa shape index (κ1) is 22.5. The number of rotatable bonds is 3. The van der Waals surface area contributed by atoms with Gasteiger partial charge in [-0.15, -0.1) is 0 Å². The van der Waals surface area contributed by atoms with Crippen molar-refractivity contribution in [2.45, 2.75) is 62.8 Å². The summed E-state index contributed by atoms with van der Waals surface area (Å²) < 4.78 is 41.8. The van der Waals surface area contributed by atoms with Crippen molar-refractivity contribution in [2.75, 3.05) is 19.6 Å². The summed E-state index contributed by atoms with van der Waals surface area (Å²) in [5.41, 5.74) is -0.707. The Kier molecular flexibility index (Phi) is 5.55. The molecule has 33 heavy (non-hydrogen) atoms. The van der Waals surface area contributed by atoms with Gasteiger partial charge in [0.2, 0.25) is 5.91 Å². The molecule has 7 nitrogen and oxygen atoms in total. The Labute approximate surface area is 193 Å². The molecule has 178 valence electrons. The maximum atomic E-state index is 13.7. The van der Waals surface area contributed by atoms with Crippen LogP contribution in [0.4, 0.5) is 13.2 Å². The van der Waals surface area contributed by atoms with E-state index in [1.165, 1.54) is 4.90 Å². The van der Waals surface area contributed by atoms with E-state index in [2.05, 4.69) is 5.10 Å². The van der Waals surface area contributed by atoms with Crippen LogP contribution in [0.25, 0.3) is 5.52 Å². The van der Waals surface area contributed by atoms with Gasteiger partial charge < -0.3 is 14.9 Å². The molecule has 2 aromatic rings. The van der Waals surface area contributed by atoms with Gasteiger partial charge in [0.25, 0.3) is 5.91 Å². The van der Waals surface area contributed by atoms with Gasteiger partial charge in [-0.05, 0) is 49.3 Å². The second-order valence-electron chi connectivity index (χ2n) is 9.14. The zero-order valence-corrected chi connectivity index (χ0v) is 18.6. The Morgan fingerprint density at radius 3 is 2.48 bits per heavy atom. The zero-order chi connectivity index (χ0) is 23.5. The van der Waals surface area contributed by atoms with E-state index in [4.69, 9.17) is 11.6 Å². The molecule has 1 saturated heterocycles. The molecule has 1 N–H and O–H groups in total. The van der Waals surface area contributed by atoms with Gasteiger partial charge in [0.15, 0.2) is 5.69 Å². The van der Waals surface area contributed by atoms with Gasteiger partial charge in [0, 0.05) is 13.1 Å². The number of pyridine rings is 1. The Morgan fingerprint density at radius 1 is 1.12 bits per heavy atom. The third-order valence-corrected chi connectivity index (χ3v) is 7.25. The number of aliphatic hydroxyl groups excluding tert-OH is 1. The Bertz CT molecular complexity index is 1110. The molecular weight excluding hydrogens is 461 g/mol. The van der Waals surface area contributed by atoms with Crippen LogP contribution in [-0.2, 0) is 11.0 Å². The standard InChI is InChI=1S/C22H24ClF3N4O3/c23-19-15-9-13(12-5-6-12)10-17(22(24,25)26)30(15)27-20(19)21(33)28-7-8-29(18(32)11-28)14-3-1-2-4-16(14)31/h9-10,12,14,16,31H,1-8,11H2. The van der Waals surface area contributed by atoms with Crippen molar-refractivity contribution in [3.8, 4) is 0 Å². The van der Waals surface area contributed by atoms with E-state index in [0.717, 1.165) is 31.7 Å². The summed E-state index contributed by atoms with van der Waals surface area (Å²) in [5, 5.41) is 14.1. The number of alkyl halides is 3. The van der Waals surface area contributed by atoms with E-state index < -0.39 is 23.9 Å². The fourth-order valence-corrected chi connectivity index (χ4v) is 5.20. The molecule has 3 heterocycles. The Hall–Kier alpha value is -2.33. The highest BCUT2D eigenvalue weighted by molar-refractivity contribution is 6.36. The number of amides is 2. The molecule has 0 spiro atoms. The molecule has 1 aliphatic heterocycles. The number of nitrogens with zero attached hydrogens (tertiary/aromatic N) is 4. The highest BCUT2D eigenvalue weighted by atomic mass is 35.5. The minimum atomic E-state index is -4.67. The van der Waals surface area contributed by atoms with Crippen molar-refractivity contribution in [3.05, 3.63) is 34.1 Å². The average molecular weight is 485 g/mol. The topological polar surface area (TPSA) is 78.2 Å². The first-order valence-electron chi connectivity index (χ1n) is 11.2. The van der Waals surface area contributed by atoms with E-state index in [9.17, 15) is 27.9 Å². The Balaban J connectivity index is 1.42. The number of aromatic nitrogens is 2. The van der Waals surface area contributed by atoms with Gasteiger partial charge >= 0.3 is 6.18 Å². The maximum Gasteiger partial charge on any atom is 0.433 e. The summed E-state index contributed by atoms with van der Waals surface area (Å²) in [5.74, 6) is -0.920. The number of carbonyl (C=O) groups excluding carboxylic acids is 2. The summed E-state index contributed by atoms with van der Waals surface area (Å²) in [7, 11) is 0. The largest absolute Gasteiger partial charge is 0.433 e. The van der Waals surface area contributed by atoms with Gasteiger partial charge in [-0.25, -0.2) is 4.52 Å². The normalized spacial score (nSPS) is 24.6. The molecule has 2 unspecified atom stereocenters. The predicted octanol–water partition coefficient (Wildman–Crippen LogP) is 3.47. The number of fused-ring (bicyclic) bond motifs is 1. The number of carbonyl (C=O) groups is 2. The van der Waals surface area contributed by atoms with Crippen LogP contribution in [0.2, 0.25) is 5.02 Å². The fourth-order valence-electron chi connectivity index (χ4n) is 4.95. The predicted molar refractivity (Wildman–Crippen MR) is 113 cm³/mol. The number of hydrogen-bond acceptors (Lipinski definition) is 4. The van der Waals surface area contributed by atoms with Crippen LogP contribution >= 0.6 is 11.6 Å². The van der Waals surface area contributed by atoms with Crippen LogP contribution < -0.4 is 0 Å².